The van der Waals surface area contributed by atoms with Gasteiger partial charge in [0, 0.05) is 5.69 Å². The largest absolute Gasteiger partial charge is 0.321 e. The van der Waals surface area contributed by atoms with E-state index in [-0.39, 0.29) is 5.57 Å². The fourth-order valence-corrected chi connectivity index (χ4v) is 2.21. The number of rotatable bonds is 4. The molecule has 2 aromatic carbocycles. The molecule has 0 saturated heterocycles. The van der Waals surface area contributed by atoms with E-state index in [0.29, 0.717) is 11.6 Å². The number of hydrogen-bond acceptors (Lipinski definition) is 2. The highest BCUT2D eigenvalue weighted by Gasteiger charge is 2.09. The Kier molecular flexibility index (Phi) is 5.32. The highest BCUT2D eigenvalue weighted by Crippen LogP contribution is 2.17. The molecule has 0 aliphatic rings. The van der Waals surface area contributed by atoms with E-state index in [1.165, 1.54) is 5.56 Å². The number of nitriles is 1. The summed E-state index contributed by atoms with van der Waals surface area (Å²) in [5.41, 5.74) is 3.89. The van der Waals surface area contributed by atoms with E-state index < -0.39 is 5.91 Å². The van der Waals surface area contributed by atoms with Crippen molar-refractivity contribution in [1.29, 1.82) is 5.26 Å². The Morgan fingerprint density at radius 2 is 1.87 bits per heavy atom. The summed E-state index contributed by atoms with van der Waals surface area (Å²) in [5.74, 6) is 0.0547. The predicted octanol–water partition coefficient (Wildman–Crippen LogP) is 4.66. The minimum Gasteiger partial charge on any atom is -0.321 e. The van der Waals surface area contributed by atoms with Crippen molar-refractivity contribution in [1.82, 2.24) is 0 Å². The zero-order chi connectivity index (χ0) is 16.8. The molecular weight excluding hydrogens is 284 g/mol. The second-order valence-corrected chi connectivity index (χ2v) is 5.81. The average Bonchev–Trinajstić information content (AvgIpc) is 2.53. The first-order valence-corrected chi connectivity index (χ1v) is 7.59. The fraction of sp³-hybridized carbons (Fsp3) is 0.200. The van der Waals surface area contributed by atoms with Crippen LogP contribution >= 0.6 is 0 Å². The highest BCUT2D eigenvalue weighted by molar-refractivity contribution is 6.09. The minimum absolute atomic E-state index is 0.0869. The van der Waals surface area contributed by atoms with Crippen molar-refractivity contribution in [2.45, 2.75) is 26.7 Å². The molecule has 0 fully saturated rings. The molecule has 0 radical (unpaired) electrons. The summed E-state index contributed by atoms with van der Waals surface area (Å²) < 4.78 is 0. The lowest BCUT2D eigenvalue weighted by molar-refractivity contribution is -0.112. The van der Waals surface area contributed by atoms with E-state index in [4.69, 9.17) is 0 Å². The predicted molar refractivity (Wildman–Crippen MR) is 93.9 cm³/mol. The van der Waals surface area contributed by atoms with Gasteiger partial charge in [0.1, 0.15) is 11.6 Å². The van der Waals surface area contributed by atoms with Gasteiger partial charge in [-0.2, -0.15) is 5.26 Å². The molecule has 0 heterocycles. The van der Waals surface area contributed by atoms with Gasteiger partial charge in [0.15, 0.2) is 0 Å². The number of carbonyl (C=O) groups is 1. The zero-order valence-electron chi connectivity index (χ0n) is 13.6. The van der Waals surface area contributed by atoms with Crippen molar-refractivity contribution in [3.8, 4) is 6.07 Å². The van der Waals surface area contributed by atoms with Crippen LogP contribution in [0.4, 0.5) is 5.69 Å². The van der Waals surface area contributed by atoms with E-state index in [1.54, 1.807) is 12.1 Å². The van der Waals surface area contributed by atoms with Crippen LogP contribution in [0.2, 0.25) is 0 Å². The SMILES string of the molecule is Cc1cccc(NC(=O)/C(C#N)=C\c2ccc(C(C)C)cc2)c1. The molecule has 0 bridgehead atoms. The third-order valence-corrected chi connectivity index (χ3v) is 3.56. The average molecular weight is 304 g/mol. The molecule has 23 heavy (non-hydrogen) atoms. The van der Waals surface area contributed by atoms with Crippen LogP contribution in [-0.4, -0.2) is 5.91 Å². The first kappa shape index (κ1) is 16.5. The molecule has 0 atom stereocenters. The van der Waals surface area contributed by atoms with Crippen molar-refractivity contribution in [2.24, 2.45) is 0 Å². The van der Waals surface area contributed by atoms with Crippen LogP contribution in [0.1, 0.15) is 36.5 Å². The lowest BCUT2D eigenvalue weighted by Crippen LogP contribution is -2.13. The maximum atomic E-state index is 12.2. The smallest absolute Gasteiger partial charge is 0.266 e. The highest BCUT2D eigenvalue weighted by atomic mass is 16.1. The van der Waals surface area contributed by atoms with Crippen LogP contribution in [0.15, 0.2) is 54.1 Å². The summed E-state index contributed by atoms with van der Waals surface area (Å²) in [6.45, 7) is 6.20. The normalized spacial score (nSPS) is 11.2. The second-order valence-electron chi connectivity index (χ2n) is 5.81. The molecule has 1 N–H and O–H groups in total. The molecule has 0 aliphatic heterocycles. The molecule has 0 saturated carbocycles. The van der Waals surface area contributed by atoms with Crippen LogP contribution in [0.25, 0.3) is 6.08 Å². The van der Waals surface area contributed by atoms with Crippen LogP contribution < -0.4 is 5.32 Å². The van der Waals surface area contributed by atoms with E-state index in [1.807, 2.05) is 55.5 Å². The molecule has 3 heteroatoms. The van der Waals surface area contributed by atoms with Crippen molar-refractivity contribution in [3.63, 3.8) is 0 Å². The monoisotopic (exact) mass is 304 g/mol. The molecule has 0 aliphatic carbocycles. The number of carbonyl (C=O) groups excluding carboxylic acids is 1. The molecule has 0 unspecified atom stereocenters. The van der Waals surface area contributed by atoms with Gasteiger partial charge in [-0.05, 0) is 47.7 Å². The Balaban J connectivity index is 2.18. The summed E-state index contributed by atoms with van der Waals surface area (Å²) >= 11 is 0. The van der Waals surface area contributed by atoms with E-state index in [0.717, 1.165) is 11.1 Å². The summed E-state index contributed by atoms with van der Waals surface area (Å²) in [6, 6.07) is 17.3. The lowest BCUT2D eigenvalue weighted by atomic mass is 10.0. The van der Waals surface area contributed by atoms with Gasteiger partial charge in [0.2, 0.25) is 0 Å². The van der Waals surface area contributed by atoms with Crippen LogP contribution in [0.3, 0.4) is 0 Å². The lowest BCUT2D eigenvalue weighted by Gasteiger charge is -2.06. The standard InChI is InChI=1S/C20H20N2O/c1-14(2)17-9-7-16(8-10-17)12-18(13-21)20(23)22-19-6-4-5-15(3)11-19/h4-12,14H,1-3H3,(H,22,23)/b18-12-. The maximum Gasteiger partial charge on any atom is 0.266 e. The number of hydrogen-bond donors (Lipinski definition) is 1. The summed E-state index contributed by atoms with van der Waals surface area (Å²) in [4.78, 5) is 12.2. The van der Waals surface area contributed by atoms with E-state index in [9.17, 15) is 10.1 Å². The summed E-state index contributed by atoms with van der Waals surface area (Å²) in [6.07, 6.45) is 1.61. The third kappa shape index (κ3) is 4.55. The number of nitrogens with one attached hydrogen (secondary N) is 1. The maximum absolute atomic E-state index is 12.2. The number of aryl methyl sites for hydroxylation is 1. The fourth-order valence-electron chi connectivity index (χ4n) is 2.21. The topological polar surface area (TPSA) is 52.9 Å². The molecular formula is C20H20N2O. The van der Waals surface area contributed by atoms with E-state index >= 15 is 0 Å². The Bertz CT molecular complexity index is 765. The number of amides is 1. The Labute approximate surface area is 137 Å². The van der Waals surface area contributed by atoms with Gasteiger partial charge < -0.3 is 5.32 Å². The Morgan fingerprint density at radius 3 is 2.43 bits per heavy atom. The van der Waals surface area contributed by atoms with Crippen LogP contribution in [0.5, 0.6) is 0 Å². The van der Waals surface area contributed by atoms with Gasteiger partial charge in [0.25, 0.3) is 5.91 Å². The van der Waals surface area contributed by atoms with Gasteiger partial charge >= 0.3 is 0 Å². The summed E-state index contributed by atoms with van der Waals surface area (Å²) in [7, 11) is 0. The molecule has 0 spiro atoms. The van der Waals surface area contributed by atoms with Crippen molar-refractivity contribution in [3.05, 3.63) is 70.8 Å². The van der Waals surface area contributed by atoms with Crippen LogP contribution in [-0.2, 0) is 4.79 Å². The zero-order valence-corrected chi connectivity index (χ0v) is 13.6. The third-order valence-electron chi connectivity index (χ3n) is 3.56. The van der Waals surface area contributed by atoms with Gasteiger partial charge in [-0.3, -0.25) is 4.79 Å². The molecule has 1 amide bonds. The number of anilines is 1. The van der Waals surface area contributed by atoms with Crippen LogP contribution in [0, 0.1) is 18.3 Å². The van der Waals surface area contributed by atoms with Crippen molar-refractivity contribution >= 4 is 17.7 Å². The van der Waals surface area contributed by atoms with Gasteiger partial charge in [-0.15, -0.1) is 0 Å². The molecule has 3 nitrogen and oxygen atoms in total. The van der Waals surface area contributed by atoms with Crippen molar-refractivity contribution < 1.29 is 4.79 Å². The minimum atomic E-state index is -0.397. The quantitative estimate of drug-likeness (QED) is 0.659. The van der Waals surface area contributed by atoms with Gasteiger partial charge in [-0.25, -0.2) is 0 Å². The first-order valence-electron chi connectivity index (χ1n) is 7.59. The molecule has 0 aromatic heterocycles. The number of benzene rings is 2. The van der Waals surface area contributed by atoms with Gasteiger partial charge in [-0.1, -0.05) is 50.2 Å². The molecule has 2 rings (SSSR count). The summed E-state index contributed by atoms with van der Waals surface area (Å²) in [5, 5.41) is 12.0. The number of nitrogens with zero attached hydrogens (tertiary/aromatic N) is 1. The molecule has 2 aromatic rings. The first-order chi connectivity index (χ1) is 11.0. The Hall–Kier alpha value is -2.86. The second kappa shape index (κ2) is 7.42. The van der Waals surface area contributed by atoms with Crippen molar-refractivity contribution in [2.75, 3.05) is 5.32 Å². The van der Waals surface area contributed by atoms with Gasteiger partial charge in [0.05, 0.1) is 0 Å². The van der Waals surface area contributed by atoms with E-state index in [2.05, 4.69) is 19.2 Å². The Morgan fingerprint density at radius 1 is 1.17 bits per heavy atom. The molecule has 116 valence electrons.